The van der Waals surface area contributed by atoms with Crippen LogP contribution in [0.25, 0.3) is 0 Å². The number of rotatable bonds is 3. The predicted molar refractivity (Wildman–Crippen MR) is 50.8 cm³/mol. The molecule has 1 aliphatic heterocycles. The normalized spacial score (nSPS) is 16.2. The first kappa shape index (κ1) is 10.1. The Morgan fingerprint density at radius 2 is 1.77 bits per heavy atom. The van der Waals surface area contributed by atoms with E-state index in [0.717, 1.165) is 38.9 Å². The third-order valence-electron chi connectivity index (χ3n) is 1.72. The average Bonchev–Trinajstić information content (AvgIpc) is 2.63. The fourth-order valence-electron chi connectivity index (χ4n) is 1.08. The van der Waals surface area contributed by atoms with E-state index in [1.54, 1.807) is 0 Å². The van der Waals surface area contributed by atoms with Gasteiger partial charge in [-0.15, -0.1) is 24.2 Å². The highest BCUT2D eigenvalue weighted by atomic mass is 16.7. The molecule has 0 radical (unpaired) electrons. The van der Waals surface area contributed by atoms with Crippen molar-refractivity contribution in [2.45, 2.75) is 32.0 Å². The fourth-order valence-corrected chi connectivity index (χ4v) is 1.08. The summed E-state index contributed by atoms with van der Waals surface area (Å²) in [5, 5.41) is 0. The number of terminal acetylenes is 1. The van der Waals surface area contributed by atoms with Gasteiger partial charge in [0, 0.05) is 25.7 Å². The SMILES string of the molecule is C#CCCC#CCCC1OCCO1. The molecular formula is C11H14O2. The Morgan fingerprint density at radius 1 is 1.08 bits per heavy atom. The third kappa shape index (κ3) is 4.58. The van der Waals surface area contributed by atoms with E-state index in [4.69, 9.17) is 15.9 Å². The second-order valence-corrected chi connectivity index (χ2v) is 2.77. The minimum Gasteiger partial charge on any atom is -0.350 e. The molecule has 1 aliphatic rings. The van der Waals surface area contributed by atoms with Gasteiger partial charge < -0.3 is 9.47 Å². The lowest BCUT2D eigenvalue weighted by Crippen LogP contribution is -2.05. The van der Waals surface area contributed by atoms with Gasteiger partial charge in [0.1, 0.15) is 0 Å². The molecule has 1 fully saturated rings. The van der Waals surface area contributed by atoms with Crippen LogP contribution >= 0.6 is 0 Å². The molecule has 0 unspecified atom stereocenters. The Labute approximate surface area is 79.6 Å². The second kappa shape index (κ2) is 6.54. The van der Waals surface area contributed by atoms with Crippen LogP contribution in [0.5, 0.6) is 0 Å². The maximum absolute atomic E-state index is 5.26. The lowest BCUT2D eigenvalue weighted by Gasteiger charge is -2.04. The van der Waals surface area contributed by atoms with Crippen LogP contribution < -0.4 is 0 Å². The Balaban J connectivity index is 1.98. The topological polar surface area (TPSA) is 18.5 Å². The zero-order valence-corrected chi connectivity index (χ0v) is 7.71. The van der Waals surface area contributed by atoms with Gasteiger partial charge in [-0.25, -0.2) is 0 Å². The van der Waals surface area contributed by atoms with E-state index in [9.17, 15) is 0 Å². The van der Waals surface area contributed by atoms with Crippen molar-refractivity contribution >= 4 is 0 Å². The zero-order chi connectivity index (χ0) is 9.36. The predicted octanol–water partition coefficient (Wildman–Crippen LogP) is 1.56. The van der Waals surface area contributed by atoms with Crippen molar-refractivity contribution in [3.8, 4) is 24.2 Å². The van der Waals surface area contributed by atoms with Gasteiger partial charge >= 0.3 is 0 Å². The molecule has 0 aromatic rings. The molecule has 2 heteroatoms. The molecule has 0 amide bonds. The summed E-state index contributed by atoms with van der Waals surface area (Å²) in [4.78, 5) is 0. The number of ether oxygens (including phenoxy) is 2. The van der Waals surface area contributed by atoms with Crippen LogP contribution in [0, 0.1) is 24.2 Å². The Kier molecular flexibility index (Phi) is 5.10. The molecule has 0 aromatic heterocycles. The van der Waals surface area contributed by atoms with Gasteiger partial charge in [0.2, 0.25) is 0 Å². The number of hydrogen-bond acceptors (Lipinski definition) is 2. The summed E-state index contributed by atoms with van der Waals surface area (Å²) in [6, 6.07) is 0. The largest absolute Gasteiger partial charge is 0.350 e. The maximum Gasteiger partial charge on any atom is 0.158 e. The lowest BCUT2D eigenvalue weighted by molar-refractivity contribution is -0.0454. The van der Waals surface area contributed by atoms with Crippen LogP contribution in [0.3, 0.4) is 0 Å². The van der Waals surface area contributed by atoms with Gasteiger partial charge in [-0.2, -0.15) is 0 Å². The minimum absolute atomic E-state index is 0.0260. The first-order valence-corrected chi connectivity index (χ1v) is 4.56. The molecule has 13 heavy (non-hydrogen) atoms. The molecule has 0 bridgehead atoms. The average molecular weight is 178 g/mol. The molecule has 0 N–H and O–H groups in total. The first-order chi connectivity index (χ1) is 6.43. The highest BCUT2D eigenvalue weighted by Gasteiger charge is 2.13. The zero-order valence-electron chi connectivity index (χ0n) is 7.71. The summed E-state index contributed by atoms with van der Waals surface area (Å²) >= 11 is 0. The summed E-state index contributed by atoms with van der Waals surface area (Å²) in [5.74, 6) is 8.60. The molecule has 0 spiro atoms. The molecular weight excluding hydrogens is 164 g/mol. The van der Waals surface area contributed by atoms with E-state index in [2.05, 4.69) is 17.8 Å². The van der Waals surface area contributed by atoms with Crippen LogP contribution in [0.2, 0.25) is 0 Å². The van der Waals surface area contributed by atoms with Crippen molar-refractivity contribution in [3.05, 3.63) is 0 Å². The third-order valence-corrected chi connectivity index (χ3v) is 1.72. The van der Waals surface area contributed by atoms with Gasteiger partial charge in [0.15, 0.2) is 6.29 Å². The van der Waals surface area contributed by atoms with Crippen molar-refractivity contribution in [3.63, 3.8) is 0 Å². The standard InChI is InChI=1S/C11H14O2/c1-2-3-4-5-6-7-8-11-12-9-10-13-11/h1,11H,3-4,7-10H2. The van der Waals surface area contributed by atoms with Crippen LogP contribution in [0.15, 0.2) is 0 Å². The molecule has 2 nitrogen and oxygen atoms in total. The molecule has 70 valence electrons. The highest BCUT2D eigenvalue weighted by molar-refractivity contribution is 5.01. The monoisotopic (exact) mass is 178 g/mol. The molecule has 1 saturated heterocycles. The fraction of sp³-hybridized carbons (Fsp3) is 0.636. The van der Waals surface area contributed by atoms with E-state index in [0.29, 0.717) is 0 Å². The van der Waals surface area contributed by atoms with E-state index < -0.39 is 0 Å². The number of hydrogen-bond donors (Lipinski definition) is 0. The van der Waals surface area contributed by atoms with E-state index >= 15 is 0 Å². The van der Waals surface area contributed by atoms with Gasteiger partial charge in [0.25, 0.3) is 0 Å². The van der Waals surface area contributed by atoms with Crippen LogP contribution in [0.1, 0.15) is 25.7 Å². The van der Waals surface area contributed by atoms with Gasteiger partial charge in [-0.1, -0.05) is 0 Å². The Hall–Kier alpha value is -0.960. The molecule has 1 rings (SSSR count). The Bertz CT molecular complexity index is 223. The lowest BCUT2D eigenvalue weighted by atomic mass is 10.2. The van der Waals surface area contributed by atoms with Crippen molar-refractivity contribution in [1.82, 2.24) is 0 Å². The van der Waals surface area contributed by atoms with Gasteiger partial charge in [-0.3, -0.25) is 0 Å². The Morgan fingerprint density at radius 3 is 2.46 bits per heavy atom. The number of unbranched alkanes of at least 4 members (excludes halogenated alkanes) is 1. The van der Waals surface area contributed by atoms with E-state index in [1.165, 1.54) is 0 Å². The molecule has 0 saturated carbocycles. The summed E-state index contributed by atoms with van der Waals surface area (Å²) in [7, 11) is 0. The summed E-state index contributed by atoms with van der Waals surface area (Å²) in [6.07, 6.45) is 8.29. The van der Waals surface area contributed by atoms with Gasteiger partial charge in [0.05, 0.1) is 13.2 Å². The van der Waals surface area contributed by atoms with Gasteiger partial charge in [-0.05, 0) is 0 Å². The van der Waals surface area contributed by atoms with E-state index in [1.807, 2.05) is 0 Å². The molecule has 0 aromatic carbocycles. The van der Waals surface area contributed by atoms with Crippen LogP contribution in [-0.2, 0) is 9.47 Å². The quantitative estimate of drug-likeness (QED) is 0.482. The summed E-state index contributed by atoms with van der Waals surface area (Å²) < 4.78 is 10.5. The second-order valence-electron chi connectivity index (χ2n) is 2.77. The van der Waals surface area contributed by atoms with Crippen molar-refractivity contribution in [2.75, 3.05) is 13.2 Å². The van der Waals surface area contributed by atoms with Crippen molar-refractivity contribution in [2.24, 2.45) is 0 Å². The minimum atomic E-state index is -0.0260. The van der Waals surface area contributed by atoms with Crippen molar-refractivity contribution in [1.29, 1.82) is 0 Å². The highest BCUT2D eigenvalue weighted by Crippen LogP contribution is 2.09. The van der Waals surface area contributed by atoms with Crippen LogP contribution in [0.4, 0.5) is 0 Å². The smallest absolute Gasteiger partial charge is 0.158 e. The molecule has 0 atom stereocenters. The molecule has 1 heterocycles. The summed E-state index contributed by atoms with van der Waals surface area (Å²) in [5.41, 5.74) is 0. The van der Waals surface area contributed by atoms with Crippen molar-refractivity contribution < 1.29 is 9.47 Å². The maximum atomic E-state index is 5.26. The van der Waals surface area contributed by atoms with Crippen LogP contribution in [-0.4, -0.2) is 19.5 Å². The first-order valence-electron chi connectivity index (χ1n) is 4.56. The summed E-state index contributed by atoms with van der Waals surface area (Å²) in [6.45, 7) is 1.43. The molecule has 0 aliphatic carbocycles. The van der Waals surface area contributed by atoms with E-state index in [-0.39, 0.29) is 6.29 Å².